The molecule has 0 saturated heterocycles. The van der Waals surface area contributed by atoms with Gasteiger partial charge in [-0.25, -0.2) is 0 Å². The van der Waals surface area contributed by atoms with Gasteiger partial charge < -0.3 is 0 Å². The van der Waals surface area contributed by atoms with Crippen molar-refractivity contribution in [1.29, 1.82) is 0 Å². The van der Waals surface area contributed by atoms with E-state index in [2.05, 4.69) is 55.4 Å². The van der Waals surface area contributed by atoms with E-state index in [0.29, 0.717) is 27.9 Å². The van der Waals surface area contributed by atoms with Gasteiger partial charge >= 0.3 is 0 Å². The molecule has 4 saturated carbocycles. The third-order valence-corrected chi connectivity index (χ3v) is 12.4. The molecule has 0 radical (unpaired) electrons. The maximum Gasteiger partial charge on any atom is 0.138 e. The normalized spacial score (nSPS) is 47.6. The lowest BCUT2D eigenvalue weighted by Crippen LogP contribution is -2.61. The Balaban J connectivity index is 1.56. The SMILES string of the molecule is CC(C)CCC[C@@H](C)[C@H]1CC[C@@]2(C)[C@@H]3CC[C@H]4C(C)(C)C(=O)CC[C@]4(C)[C@H]3CC[C@]12C. The van der Waals surface area contributed by atoms with Crippen LogP contribution in [0.3, 0.4) is 0 Å². The first-order valence-electron chi connectivity index (χ1n) is 13.9. The van der Waals surface area contributed by atoms with Crippen LogP contribution in [0.15, 0.2) is 0 Å². The van der Waals surface area contributed by atoms with Crippen LogP contribution in [-0.4, -0.2) is 5.78 Å². The zero-order chi connectivity index (χ0) is 22.8. The molecule has 0 aromatic rings. The summed E-state index contributed by atoms with van der Waals surface area (Å²) in [6.07, 6.45) is 14.6. The second-order valence-electron chi connectivity index (χ2n) is 14.3. The van der Waals surface area contributed by atoms with Crippen LogP contribution in [-0.2, 0) is 4.79 Å². The first-order chi connectivity index (χ1) is 14.4. The maximum atomic E-state index is 12.8. The summed E-state index contributed by atoms with van der Waals surface area (Å²) in [7, 11) is 0. The molecule has 0 N–H and O–H groups in total. The average molecular weight is 429 g/mol. The van der Waals surface area contributed by atoms with Gasteiger partial charge in [0.25, 0.3) is 0 Å². The van der Waals surface area contributed by atoms with Crippen molar-refractivity contribution in [3.63, 3.8) is 0 Å². The summed E-state index contributed by atoms with van der Waals surface area (Å²) in [6.45, 7) is 19.9. The molecular formula is C30H52O. The lowest BCUT2D eigenvalue weighted by atomic mass is 9.38. The third-order valence-electron chi connectivity index (χ3n) is 12.4. The average Bonchev–Trinajstić information content (AvgIpc) is 2.96. The molecule has 8 atom stereocenters. The van der Waals surface area contributed by atoms with Crippen molar-refractivity contribution in [2.24, 2.45) is 57.2 Å². The molecule has 1 heteroatoms. The number of carbonyl (C=O) groups excluding carboxylic acids is 1. The predicted octanol–water partition coefficient (Wildman–Crippen LogP) is 8.70. The minimum absolute atomic E-state index is 0.108. The first-order valence-corrected chi connectivity index (χ1v) is 13.9. The van der Waals surface area contributed by atoms with Crippen LogP contribution in [0.4, 0.5) is 0 Å². The van der Waals surface area contributed by atoms with Gasteiger partial charge in [-0.3, -0.25) is 4.79 Å². The van der Waals surface area contributed by atoms with E-state index < -0.39 is 0 Å². The quantitative estimate of drug-likeness (QED) is 0.428. The fraction of sp³-hybridized carbons (Fsp3) is 0.967. The van der Waals surface area contributed by atoms with E-state index >= 15 is 0 Å². The zero-order valence-electron chi connectivity index (χ0n) is 22.2. The van der Waals surface area contributed by atoms with Crippen molar-refractivity contribution >= 4 is 5.78 Å². The molecular weight excluding hydrogens is 376 g/mol. The molecule has 178 valence electrons. The molecule has 31 heavy (non-hydrogen) atoms. The molecule has 0 spiro atoms. The van der Waals surface area contributed by atoms with Gasteiger partial charge in [0.15, 0.2) is 0 Å². The van der Waals surface area contributed by atoms with Crippen LogP contribution >= 0.6 is 0 Å². The molecule has 0 aromatic carbocycles. The molecule has 4 aliphatic carbocycles. The molecule has 0 unspecified atom stereocenters. The second-order valence-corrected chi connectivity index (χ2v) is 14.3. The Morgan fingerprint density at radius 3 is 2.16 bits per heavy atom. The number of hydrogen-bond donors (Lipinski definition) is 0. The second kappa shape index (κ2) is 7.87. The number of fused-ring (bicyclic) bond motifs is 5. The number of rotatable bonds is 5. The highest BCUT2D eigenvalue weighted by atomic mass is 16.1. The summed E-state index contributed by atoms with van der Waals surface area (Å²) in [5.41, 5.74) is 1.30. The Morgan fingerprint density at radius 1 is 0.806 bits per heavy atom. The van der Waals surface area contributed by atoms with E-state index in [0.717, 1.165) is 42.4 Å². The van der Waals surface area contributed by atoms with E-state index in [1.807, 2.05) is 0 Å². The van der Waals surface area contributed by atoms with E-state index in [-0.39, 0.29) is 5.41 Å². The van der Waals surface area contributed by atoms with Gasteiger partial charge in [-0.15, -0.1) is 0 Å². The molecule has 0 aromatic heterocycles. The molecule has 4 aliphatic rings. The van der Waals surface area contributed by atoms with E-state index in [4.69, 9.17) is 0 Å². The van der Waals surface area contributed by atoms with E-state index in [1.54, 1.807) is 0 Å². The third kappa shape index (κ3) is 3.41. The fourth-order valence-electron chi connectivity index (χ4n) is 10.3. The van der Waals surface area contributed by atoms with Crippen molar-refractivity contribution in [3.05, 3.63) is 0 Å². The Morgan fingerprint density at radius 2 is 1.48 bits per heavy atom. The van der Waals surface area contributed by atoms with Gasteiger partial charge in [0.05, 0.1) is 0 Å². The first kappa shape index (κ1) is 23.8. The van der Waals surface area contributed by atoms with Crippen molar-refractivity contribution in [2.45, 2.75) is 126 Å². The molecule has 0 heterocycles. The standard InChI is InChI=1S/C30H52O/c1-20(2)10-9-11-21(3)22-14-18-30(8)24-12-13-25-27(4,5)26(31)16-17-28(25,6)23(24)15-19-29(22,30)7/h20-25H,9-19H2,1-8H3/t21-,22-,23+,24-,25+,28-,29-,30+/m1/s1. The van der Waals surface area contributed by atoms with Crippen LogP contribution in [0, 0.1) is 57.2 Å². The number of Topliss-reactive ketones (excluding diaryl/α,β-unsaturated/α-hetero) is 1. The number of hydrogen-bond acceptors (Lipinski definition) is 1. The van der Waals surface area contributed by atoms with Crippen molar-refractivity contribution in [3.8, 4) is 0 Å². The maximum absolute atomic E-state index is 12.8. The van der Waals surface area contributed by atoms with Gasteiger partial charge in [-0.05, 0) is 96.7 Å². The Hall–Kier alpha value is -0.330. The molecule has 0 aliphatic heterocycles. The summed E-state index contributed by atoms with van der Waals surface area (Å²) in [5, 5.41) is 0. The lowest BCUT2D eigenvalue weighted by molar-refractivity contribution is -0.183. The van der Waals surface area contributed by atoms with Crippen molar-refractivity contribution in [1.82, 2.24) is 0 Å². The predicted molar refractivity (Wildman–Crippen MR) is 132 cm³/mol. The molecule has 4 rings (SSSR count). The minimum atomic E-state index is -0.108. The highest BCUT2D eigenvalue weighted by molar-refractivity contribution is 5.85. The summed E-state index contributed by atoms with van der Waals surface area (Å²) in [4.78, 5) is 12.8. The summed E-state index contributed by atoms with van der Waals surface area (Å²) >= 11 is 0. The smallest absolute Gasteiger partial charge is 0.138 e. The van der Waals surface area contributed by atoms with Crippen molar-refractivity contribution in [2.75, 3.05) is 0 Å². The minimum Gasteiger partial charge on any atom is -0.299 e. The van der Waals surface area contributed by atoms with Gasteiger partial charge in [-0.2, -0.15) is 0 Å². The zero-order valence-corrected chi connectivity index (χ0v) is 22.2. The van der Waals surface area contributed by atoms with Crippen LogP contribution in [0.1, 0.15) is 126 Å². The summed E-state index contributed by atoms with van der Waals surface area (Å²) in [5.74, 6) is 5.49. The Labute approximate surface area is 193 Å². The van der Waals surface area contributed by atoms with Crippen LogP contribution in [0.25, 0.3) is 0 Å². The van der Waals surface area contributed by atoms with E-state index in [1.165, 1.54) is 57.8 Å². The topological polar surface area (TPSA) is 17.1 Å². The molecule has 4 fully saturated rings. The summed E-state index contributed by atoms with van der Waals surface area (Å²) < 4.78 is 0. The highest BCUT2D eigenvalue weighted by Crippen LogP contribution is 2.74. The number of ketones is 1. The van der Waals surface area contributed by atoms with E-state index in [9.17, 15) is 4.79 Å². The van der Waals surface area contributed by atoms with Gasteiger partial charge in [0, 0.05) is 11.8 Å². The number of carbonyl (C=O) groups is 1. The molecule has 1 nitrogen and oxygen atoms in total. The highest BCUT2D eigenvalue weighted by Gasteiger charge is 2.67. The van der Waals surface area contributed by atoms with Gasteiger partial charge in [-0.1, -0.05) is 74.7 Å². The fourth-order valence-corrected chi connectivity index (χ4v) is 10.3. The van der Waals surface area contributed by atoms with Gasteiger partial charge in [0.1, 0.15) is 5.78 Å². The van der Waals surface area contributed by atoms with Gasteiger partial charge in [0.2, 0.25) is 0 Å². The monoisotopic (exact) mass is 428 g/mol. The molecule has 0 amide bonds. The largest absolute Gasteiger partial charge is 0.299 e. The Kier molecular flexibility index (Phi) is 6.05. The Bertz CT molecular complexity index is 691. The van der Waals surface area contributed by atoms with Crippen LogP contribution < -0.4 is 0 Å². The summed E-state index contributed by atoms with van der Waals surface area (Å²) in [6, 6.07) is 0. The lowest BCUT2D eigenvalue weighted by Gasteiger charge is -2.66. The van der Waals surface area contributed by atoms with Crippen molar-refractivity contribution < 1.29 is 4.79 Å². The van der Waals surface area contributed by atoms with Crippen LogP contribution in [0.2, 0.25) is 0 Å². The molecule has 0 bridgehead atoms. The van der Waals surface area contributed by atoms with Crippen LogP contribution in [0.5, 0.6) is 0 Å².